The van der Waals surface area contributed by atoms with E-state index in [9.17, 15) is 4.79 Å². The van der Waals surface area contributed by atoms with Crippen molar-refractivity contribution < 1.29 is 9.53 Å². The molecule has 1 amide bonds. The van der Waals surface area contributed by atoms with Gasteiger partial charge in [-0.1, -0.05) is 0 Å². The monoisotopic (exact) mass is 210 g/mol. The molecule has 0 aliphatic carbocycles. The largest absolute Gasteiger partial charge is 0.436 e. The molecule has 82 valence electrons. The molecule has 0 unspecified atom stereocenters. The standard InChI is InChI=1S/C9H14N4O2/c1-4-13-6(2)7(15-9(13)14)8-10-5-11-12(8)3/h5-7H,4H2,1-3H3/t6-,7-/m1/s1. The number of likely N-dealkylation sites (N-methyl/N-ethyl adjacent to an activating group) is 1. The van der Waals surface area contributed by atoms with Crippen molar-refractivity contribution in [3.63, 3.8) is 0 Å². The summed E-state index contributed by atoms with van der Waals surface area (Å²) in [6, 6.07) is 0.00500. The number of hydrogen-bond acceptors (Lipinski definition) is 4. The van der Waals surface area contributed by atoms with Gasteiger partial charge in [-0.3, -0.25) is 0 Å². The van der Waals surface area contributed by atoms with Gasteiger partial charge >= 0.3 is 6.09 Å². The Morgan fingerprint density at radius 2 is 2.33 bits per heavy atom. The number of rotatable bonds is 2. The second kappa shape index (κ2) is 3.52. The number of hydrogen-bond donors (Lipinski definition) is 0. The van der Waals surface area contributed by atoms with Gasteiger partial charge in [0, 0.05) is 13.6 Å². The van der Waals surface area contributed by atoms with Gasteiger partial charge in [-0.05, 0) is 13.8 Å². The fourth-order valence-corrected chi connectivity index (χ4v) is 1.85. The summed E-state index contributed by atoms with van der Waals surface area (Å²) in [6.07, 6.45) is 0.868. The summed E-state index contributed by atoms with van der Waals surface area (Å²) in [5.41, 5.74) is 0. The number of cyclic esters (lactones) is 1. The molecule has 0 saturated carbocycles. The lowest BCUT2D eigenvalue weighted by atomic mass is 10.1. The van der Waals surface area contributed by atoms with Crippen LogP contribution in [0, 0.1) is 0 Å². The van der Waals surface area contributed by atoms with Crippen LogP contribution in [0.15, 0.2) is 6.33 Å². The number of carbonyl (C=O) groups is 1. The molecule has 0 bridgehead atoms. The number of aromatic nitrogens is 3. The molecule has 2 atom stereocenters. The Labute approximate surface area is 87.8 Å². The molecule has 0 N–H and O–H groups in total. The molecule has 2 rings (SSSR count). The van der Waals surface area contributed by atoms with Crippen molar-refractivity contribution in [2.45, 2.75) is 26.0 Å². The van der Waals surface area contributed by atoms with Crippen LogP contribution in [-0.4, -0.2) is 38.3 Å². The molecule has 6 heteroatoms. The highest BCUT2D eigenvalue weighted by Gasteiger charge is 2.40. The molecule has 6 nitrogen and oxygen atoms in total. The minimum absolute atomic E-state index is 0.00500. The number of ether oxygens (including phenoxy) is 1. The van der Waals surface area contributed by atoms with Gasteiger partial charge in [-0.25, -0.2) is 14.5 Å². The summed E-state index contributed by atoms with van der Waals surface area (Å²) in [6.45, 7) is 4.53. The van der Waals surface area contributed by atoms with E-state index in [-0.39, 0.29) is 18.2 Å². The summed E-state index contributed by atoms with van der Waals surface area (Å²) < 4.78 is 6.90. The lowest BCUT2D eigenvalue weighted by Crippen LogP contribution is -2.32. The molecule has 1 saturated heterocycles. The number of amides is 1. The lowest BCUT2D eigenvalue weighted by molar-refractivity contribution is 0.124. The maximum Gasteiger partial charge on any atom is 0.410 e. The van der Waals surface area contributed by atoms with Gasteiger partial charge in [-0.15, -0.1) is 0 Å². The summed E-state index contributed by atoms with van der Waals surface area (Å²) in [5, 5.41) is 3.97. The van der Waals surface area contributed by atoms with Gasteiger partial charge in [0.1, 0.15) is 6.33 Å². The number of aryl methyl sites for hydroxylation is 1. The molecule has 2 heterocycles. The minimum atomic E-state index is -0.315. The van der Waals surface area contributed by atoms with Crippen LogP contribution in [0.3, 0.4) is 0 Å². The van der Waals surface area contributed by atoms with Crippen LogP contribution in [0.5, 0.6) is 0 Å². The van der Waals surface area contributed by atoms with E-state index in [2.05, 4.69) is 10.1 Å². The zero-order chi connectivity index (χ0) is 11.0. The first-order valence-corrected chi connectivity index (χ1v) is 4.96. The van der Waals surface area contributed by atoms with E-state index in [1.165, 1.54) is 6.33 Å². The molecule has 0 radical (unpaired) electrons. The Morgan fingerprint density at radius 3 is 2.80 bits per heavy atom. The topological polar surface area (TPSA) is 60.3 Å². The Hall–Kier alpha value is -1.59. The van der Waals surface area contributed by atoms with Crippen molar-refractivity contribution in [1.29, 1.82) is 0 Å². The molecule has 1 fully saturated rings. The van der Waals surface area contributed by atoms with Gasteiger partial charge in [0.15, 0.2) is 11.9 Å². The highest BCUT2D eigenvalue weighted by atomic mass is 16.6. The molecular formula is C9H14N4O2. The fraction of sp³-hybridized carbons (Fsp3) is 0.667. The predicted octanol–water partition coefficient (Wildman–Crippen LogP) is 0.717. The molecule has 15 heavy (non-hydrogen) atoms. The summed E-state index contributed by atoms with van der Waals surface area (Å²) in [7, 11) is 1.79. The Kier molecular flexibility index (Phi) is 2.34. The van der Waals surface area contributed by atoms with Crippen LogP contribution in [0.1, 0.15) is 25.8 Å². The molecule has 1 aliphatic heterocycles. The Bertz CT molecular complexity index is 376. The third-order valence-corrected chi connectivity index (χ3v) is 2.73. The first-order chi connectivity index (χ1) is 7.15. The van der Waals surface area contributed by atoms with Gasteiger partial charge < -0.3 is 9.64 Å². The zero-order valence-corrected chi connectivity index (χ0v) is 9.04. The Morgan fingerprint density at radius 1 is 1.60 bits per heavy atom. The van der Waals surface area contributed by atoms with E-state index in [4.69, 9.17) is 4.74 Å². The summed E-state index contributed by atoms with van der Waals surface area (Å²) >= 11 is 0. The molecule has 1 aliphatic rings. The van der Waals surface area contributed by atoms with Gasteiger partial charge in [0.2, 0.25) is 0 Å². The fourth-order valence-electron chi connectivity index (χ4n) is 1.85. The molecule has 1 aromatic heterocycles. The van der Waals surface area contributed by atoms with Crippen LogP contribution < -0.4 is 0 Å². The Balaban J connectivity index is 2.26. The summed E-state index contributed by atoms with van der Waals surface area (Å²) in [4.78, 5) is 17.3. The molecule has 0 spiro atoms. The smallest absolute Gasteiger partial charge is 0.410 e. The quantitative estimate of drug-likeness (QED) is 0.721. The van der Waals surface area contributed by atoms with Crippen LogP contribution in [0.4, 0.5) is 4.79 Å². The zero-order valence-electron chi connectivity index (χ0n) is 9.04. The van der Waals surface area contributed by atoms with Crippen LogP contribution in [0.2, 0.25) is 0 Å². The van der Waals surface area contributed by atoms with Gasteiger partial charge in [0.25, 0.3) is 0 Å². The van der Waals surface area contributed by atoms with Gasteiger partial charge in [0.05, 0.1) is 6.04 Å². The third kappa shape index (κ3) is 1.45. The highest BCUT2D eigenvalue weighted by molar-refractivity contribution is 5.70. The van der Waals surface area contributed by atoms with Gasteiger partial charge in [-0.2, -0.15) is 5.10 Å². The van der Waals surface area contributed by atoms with E-state index in [1.807, 2.05) is 13.8 Å². The van der Waals surface area contributed by atoms with Crippen LogP contribution >= 0.6 is 0 Å². The van der Waals surface area contributed by atoms with E-state index in [0.29, 0.717) is 12.4 Å². The molecular weight excluding hydrogens is 196 g/mol. The molecule has 0 aromatic carbocycles. The first-order valence-electron chi connectivity index (χ1n) is 4.96. The maximum absolute atomic E-state index is 11.5. The van der Waals surface area contributed by atoms with Crippen molar-refractivity contribution in [3.8, 4) is 0 Å². The predicted molar refractivity (Wildman–Crippen MR) is 52.1 cm³/mol. The number of nitrogens with zero attached hydrogens (tertiary/aromatic N) is 4. The van der Waals surface area contributed by atoms with E-state index in [1.54, 1.807) is 16.6 Å². The van der Waals surface area contributed by atoms with Crippen LogP contribution in [-0.2, 0) is 11.8 Å². The lowest BCUT2D eigenvalue weighted by Gasteiger charge is -2.17. The third-order valence-electron chi connectivity index (χ3n) is 2.73. The number of carbonyl (C=O) groups excluding carboxylic acids is 1. The second-order valence-electron chi connectivity index (χ2n) is 3.57. The second-order valence-corrected chi connectivity index (χ2v) is 3.57. The minimum Gasteiger partial charge on any atom is -0.436 e. The van der Waals surface area contributed by atoms with E-state index < -0.39 is 0 Å². The first kappa shape index (κ1) is 9.95. The van der Waals surface area contributed by atoms with Crippen molar-refractivity contribution >= 4 is 6.09 Å². The van der Waals surface area contributed by atoms with Crippen molar-refractivity contribution in [2.24, 2.45) is 7.05 Å². The average molecular weight is 210 g/mol. The van der Waals surface area contributed by atoms with E-state index >= 15 is 0 Å². The average Bonchev–Trinajstić information content (AvgIpc) is 2.71. The van der Waals surface area contributed by atoms with Crippen molar-refractivity contribution in [3.05, 3.63) is 12.2 Å². The summed E-state index contributed by atoms with van der Waals surface area (Å²) in [5.74, 6) is 0.687. The molecule has 1 aromatic rings. The SMILES string of the molecule is CCN1C(=O)O[C@@H](c2ncnn2C)[C@H]1C. The van der Waals surface area contributed by atoms with E-state index in [0.717, 1.165) is 0 Å². The van der Waals surface area contributed by atoms with Crippen molar-refractivity contribution in [1.82, 2.24) is 19.7 Å². The van der Waals surface area contributed by atoms with Crippen molar-refractivity contribution in [2.75, 3.05) is 6.54 Å². The highest BCUT2D eigenvalue weighted by Crippen LogP contribution is 2.30. The normalized spacial score (nSPS) is 25.8. The maximum atomic E-state index is 11.5. The van der Waals surface area contributed by atoms with Crippen LogP contribution in [0.25, 0.3) is 0 Å².